The molecule has 2 atom stereocenters. The third-order valence-electron chi connectivity index (χ3n) is 2.28. The molecule has 0 aromatic carbocycles. The fraction of sp³-hybridized carbons (Fsp3) is 0.800. The van der Waals surface area contributed by atoms with Crippen LogP contribution in [0.2, 0.25) is 0 Å². The number of hydrogen-bond acceptors (Lipinski definition) is 5. The van der Waals surface area contributed by atoms with E-state index in [9.17, 15) is 9.59 Å². The van der Waals surface area contributed by atoms with E-state index in [4.69, 9.17) is 16.6 Å². The molecule has 1 amide bonds. The van der Waals surface area contributed by atoms with E-state index in [2.05, 4.69) is 5.32 Å². The Balaban J connectivity index is 4.15. The smallest absolute Gasteiger partial charge is 0.326 e. The van der Waals surface area contributed by atoms with Crippen LogP contribution in [0, 0.1) is 0 Å². The molecule has 0 heterocycles. The third kappa shape index (κ3) is 7.19. The highest BCUT2D eigenvalue weighted by molar-refractivity contribution is 7.98. The highest BCUT2D eigenvalue weighted by Crippen LogP contribution is 2.02. The fourth-order valence-corrected chi connectivity index (χ4v) is 1.71. The van der Waals surface area contributed by atoms with Crippen LogP contribution in [0.25, 0.3) is 0 Å². The maximum absolute atomic E-state index is 11.6. The van der Waals surface area contributed by atoms with E-state index in [0.29, 0.717) is 31.6 Å². The molecule has 6 nitrogen and oxygen atoms in total. The average Bonchev–Trinajstić information content (AvgIpc) is 2.30. The van der Waals surface area contributed by atoms with Gasteiger partial charge in [-0.25, -0.2) is 4.79 Å². The molecule has 0 rings (SSSR count). The Morgan fingerprint density at radius 2 is 2.06 bits per heavy atom. The fourth-order valence-electron chi connectivity index (χ4n) is 1.24. The van der Waals surface area contributed by atoms with Crippen molar-refractivity contribution in [2.45, 2.75) is 31.3 Å². The lowest BCUT2D eigenvalue weighted by molar-refractivity contribution is -0.142. The van der Waals surface area contributed by atoms with Crippen LogP contribution in [0.5, 0.6) is 0 Å². The minimum absolute atomic E-state index is 0.395. The van der Waals surface area contributed by atoms with Crippen LogP contribution in [0.15, 0.2) is 0 Å². The van der Waals surface area contributed by atoms with Crippen LogP contribution < -0.4 is 16.8 Å². The van der Waals surface area contributed by atoms with Gasteiger partial charge in [0.05, 0.1) is 6.04 Å². The van der Waals surface area contributed by atoms with Crippen LogP contribution in [0.3, 0.4) is 0 Å². The molecular weight excluding hydrogens is 242 g/mol. The molecule has 0 aromatic rings. The lowest BCUT2D eigenvalue weighted by Gasteiger charge is -2.17. The van der Waals surface area contributed by atoms with E-state index in [1.807, 2.05) is 6.26 Å². The maximum atomic E-state index is 11.6. The zero-order valence-corrected chi connectivity index (χ0v) is 10.8. The van der Waals surface area contributed by atoms with Gasteiger partial charge in [0, 0.05) is 0 Å². The van der Waals surface area contributed by atoms with Gasteiger partial charge in [-0.15, -0.1) is 0 Å². The van der Waals surface area contributed by atoms with Crippen molar-refractivity contribution in [1.29, 1.82) is 0 Å². The van der Waals surface area contributed by atoms with Crippen molar-refractivity contribution in [2.75, 3.05) is 18.6 Å². The number of carbonyl (C=O) groups is 2. The summed E-state index contributed by atoms with van der Waals surface area (Å²) in [5.74, 6) is -0.777. The number of carboxylic acid groups (broad SMARTS) is 1. The Kier molecular flexibility index (Phi) is 8.83. The molecule has 0 fully saturated rings. The summed E-state index contributed by atoms with van der Waals surface area (Å²) in [6.07, 6.45) is 3.40. The Bertz CT molecular complexity index is 251. The van der Waals surface area contributed by atoms with E-state index in [1.54, 1.807) is 0 Å². The summed E-state index contributed by atoms with van der Waals surface area (Å²) >= 11 is 1.53. The van der Waals surface area contributed by atoms with Gasteiger partial charge in [0.25, 0.3) is 0 Å². The van der Waals surface area contributed by atoms with Crippen LogP contribution in [0.1, 0.15) is 19.3 Å². The zero-order chi connectivity index (χ0) is 13.3. The number of amides is 1. The normalized spacial score (nSPS) is 14.1. The van der Waals surface area contributed by atoms with E-state index in [0.717, 1.165) is 0 Å². The molecular formula is C10H21N3O3S. The summed E-state index contributed by atoms with van der Waals surface area (Å²) in [7, 11) is 0. The zero-order valence-electron chi connectivity index (χ0n) is 10.0. The van der Waals surface area contributed by atoms with Gasteiger partial charge in [0.2, 0.25) is 5.91 Å². The molecule has 0 unspecified atom stereocenters. The monoisotopic (exact) mass is 263 g/mol. The quantitative estimate of drug-likeness (QED) is 0.440. The molecule has 0 aromatic heterocycles. The Morgan fingerprint density at radius 3 is 2.53 bits per heavy atom. The van der Waals surface area contributed by atoms with E-state index >= 15 is 0 Å². The van der Waals surface area contributed by atoms with Crippen molar-refractivity contribution in [2.24, 2.45) is 11.5 Å². The Hall–Kier alpha value is -0.790. The molecule has 0 spiro atoms. The van der Waals surface area contributed by atoms with Gasteiger partial charge in [-0.3, -0.25) is 4.79 Å². The first-order valence-corrected chi connectivity index (χ1v) is 6.90. The second-order valence-electron chi connectivity index (χ2n) is 3.72. The van der Waals surface area contributed by atoms with E-state index in [-0.39, 0.29) is 0 Å². The summed E-state index contributed by atoms with van der Waals surface area (Å²) in [4.78, 5) is 22.5. The SMILES string of the molecule is CSCC[C@H](NC(=O)[C@@H](N)CCCN)C(=O)O. The topological polar surface area (TPSA) is 118 Å². The molecule has 0 aliphatic heterocycles. The van der Waals surface area contributed by atoms with Gasteiger partial charge in [0.1, 0.15) is 6.04 Å². The van der Waals surface area contributed by atoms with Crippen LogP contribution in [0.4, 0.5) is 0 Å². The van der Waals surface area contributed by atoms with Crippen molar-refractivity contribution in [3.63, 3.8) is 0 Å². The highest BCUT2D eigenvalue weighted by atomic mass is 32.2. The van der Waals surface area contributed by atoms with Crippen molar-refractivity contribution < 1.29 is 14.7 Å². The number of nitrogens with two attached hydrogens (primary N) is 2. The lowest BCUT2D eigenvalue weighted by atomic mass is 10.1. The number of hydrogen-bond donors (Lipinski definition) is 4. The van der Waals surface area contributed by atoms with Crippen molar-refractivity contribution >= 4 is 23.6 Å². The van der Waals surface area contributed by atoms with Gasteiger partial charge < -0.3 is 21.9 Å². The van der Waals surface area contributed by atoms with E-state index in [1.165, 1.54) is 11.8 Å². The average molecular weight is 263 g/mol. The minimum atomic E-state index is -1.03. The van der Waals surface area contributed by atoms with Crippen LogP contribution in [-0.2, 0) is 9.59 Å². The largest absolute Gasteiger partial charge is 0.480 e. The number of nitrogens with one attached hydrogen (secondary N) is 1. The molecule has 100 valence electrons. The summed E-state index contributed by atoms with van der Waals surface area (Å²) < 4.78 is 0. The van der Waals surface area contributed by atoms with Gasteiger partial charge in [-0.1, -0.05) is 0 Å². The lowest BCUT2D eigenvalue weighted by Crippen LogP contribution is -2.48. The number of thioether (sulfide) groups is 1. The van der Waals surface area contributed by atoms with Crippen LogP contribution in [-0.4, -0.2) is 47.6 Å². The summed E-state index contributed by atoms with van der Waals surface area (Å²) in [6.45, 7) is 0.468. The molecule has 7 heteroatoms. The first kappa shape index (κ1) is 16.2. The second-order valence-corrected chi connectivity index (χ2v) is 4.70. The summed E-state index contributed by atoms with van der Waals surface area (Å²) in [5, 5.41) is 11.4. The van der Waals surface area contributed by atoms with Gasteiger partial charge in [-0.2, -0.15) is 11.8 Å². The predicted molar refractivity (Wildman–Crippen MR) is 68.8 cm³/mol. The molecule has 0 radical (unpaired) electrons. The minimum Gasteiger partial charge on any atom is -0.480 e. The highest BCUT2D eigenvalue weighted by Gasteiger charge is 2.22. The maximum Gasteiger partial charge on any atom is 0.326 e. The summed E-state index contributed by atoms with van der Waals surface area (Å²) in [5.41, 5.74) is 10.9. The molecule has 0 bridgehead atoms. The number of carbonyl (C=O) groups excluding carboxylic acids is 1. The number of carboxylic acids is 1. The number of aliphatic carboxylic acids is 1. The van der Waals surface area contributed by atoms with Crippen LogP contribution >= 0.6 is 11.8 Å². The van der Waals surface area contributed by atoms with E-state index < -0.39 is 24.0 Å². The number of rotatable bonds is 9. The molecule has 17 heavy (non-hydrogen) atoms. The third-order valence-corrected chi connectivity index (χ3v) is 2.93. The van der Waals surface area contributed by atoms with Crippen molar-refractivity contribution in [1.82, 2.24) is 5.32 Å². The first-order valence-electron chi connectivity index (χ1n) is 5.50. The van der Waals surface area contributed by atoms with Crippen molar-refractivity contribution in [3.05, 3.63) is 0 Å². The molecule has 0 saturated carbocycles. The standard InChI is InChI=1S/C10H21N3O3S/c1-17-6-4-8(10(15)16)13-9(14)7(12)3-2-5-11/h7-8H,2-6,11-12H2,1H3,(H,13,14)(H,15,16)/t7-,8-/m0/s1. The van der Waals surface area contributed by atoms with Gasteiger partial charge >= 0.3 is 5.97 Å². The Labute approximate surface area is 105 Å². The predicted octanol–water partition coefficient (Wildman–Crippen LogP) is -0.625. The molecule has 0 aliphatic rings. The van der Waals surface area contributed by atoms with Gasteiger partial charge in [0.15, 0.2) is 0 Å². The van der Waals surface area contributed by atoms with Gasteiger partial charge in [-0.05, 0) is 37.8 Å². The molecule has 0 aliphatic carbocycles. The first-order chi connectivity index (χ1) is 8.02. The molecule has 6 N–H and O–H groups in total. The Morgan fingerprint density at radius 1 is 1.41 bits per heavy atom. The summed E-state index contributed by atoms with van der Waals surface area (Å²) in [6, 6.07) is -1.55. The van der Waals surface area contributed by atoms with Crippen molar-refractivity contribution in [3.8, 4) is 0 Å². The second kappa shape index (κ2) is 9.26. The molecule has 0 saturated heterocycles.